The minimum absolute atomic E-state index is 0.00511. The van der Waals surface area contributed by atoms with Gasteiger partial charge in [-0.2, -0.15) is 0 Å². The van der Waals surface area contributed by atoms with Crippen molar-refractivity contribution < 1.29 is 33.7 Å². The van der Waals surface area contributed by atoms with E-state index in [2.05, 4.69) is 5.32 Å². The summed E-state index contributed by atoms with van der Waals surface area (Å²) in [5.74, 6) is -1.87. The monoisotopic (exact) mass is 614 g/mol. The molecule has 3 aromatic carbocycles. The van der Waals surface area contributed by atoms with E-state index in [-0.39, 0.29) is 19.8 Å². The number of carbonyl (C=O) groups excluding carboxylic acids is 2. The van der Waals surface area contributed by atoms with E-state index >= 15 is 0 Å². The predicted octanol–water partition coefficient (Wildman–Crippen LogP) is 5.04. The third-order valence-electron chi connectivity index (χ3n) is 6.94. The fraction of sp³-hybridized carbons (Fsp3) is 0.323. The number of amides is 2. The minimum Gasteiger partial charge on any atom is -0.489 e. The predicted molar refractivity (Wildman–Crippen MR) is 159 cm³/mol. The summed E-state index contributed by atoms with van der Waals surface area (Å²) >= 11 is 12.4. The lowest BCUT2D eigenvalue weighted by Crippen LogP contribution is -2.53. The lowest BCUT2D eigenvalue weighted by molar-refractivity contribution is -0.144. The molecule has 2 amide bonds. The third-order valence-corrected chi connectivity index (χ3v) is 7.65. The normalized spacial score (nSPS) is 17.0. The zero-order valence-electron chi connectivity index (χ0n) is 23.2. The number of anilines is 1. The average Bonchev–Trinajstić information content (AvgIpc) is 3.48. The smallest absolute Gasteiger partial charge is 0.326 e. The van der Waals surface area contributed by atoms with Crippen molar-refractivity contribution in [2.24, 2.45) is 0 Å². The van der Waals surface area contributed by atoms with Crippen LogP contribution in [0.1, 0.15) is 30.5 Å². The minimum atomic E-state index is -1.30. The number of aliphatic carboxylic acids is 1. The van der Waals surface area contributed by atoms with Crippen molar-refractivity contribution in [3.05, 3.63) is 93.5 Å². The van der Waals surface area contributed by atoms with Crippen molar-refractivity contribution in [2.75, 3.05) is 18.2 Å². The van der Waals surface area contributed by atoms with Gasteiger partial charge in [0.1, 0.15) is 25.2 Å². The standard InChI is InChI=1S/C31H32Cl2N2O7/c1-3-20-8-5-6-11-26(20)35(4-2)30(37)28-27(41-18-42-28)29(36)34-25(31(38)39)16-19-12-14-21(15-13-19)40-17-22-23(32)9-7-10-24(22)33/h5-15,25,27-28H,3-4,16-18H2,1-2H3,(H,34,36)(H,38,39)/t25?,27-,28-/m1/s1. The number of rotatable bonds is 12. The zero-order valence-corrected chi connectivity index (χ0v) is 24.7. The number of ether oxygens (including phenoxy) is 3. The lowest BCUT2D eigenvalue weighted by atomic mass is 10.0. The highest BCUT2D eigenvalue weighted by atomic mass is 35.5. The molecule has 3 atom stereocenters. The number of benzene rings is 3. The van der Waals surface area contributed by atoms with Crippen molar-refractivity contribution in [1.29, 1.82) is 0 Å². The van der Waals surface area contributed by atoms with E-state index in [1.54, 1.807) is 47.4 Å². The van der Waals surface area contributed by atoms with E-state index in [1.807, 2.05) is 38.1 Å². The number of halogens is 2. The van der Waals surface area contributed by atoms with Crippen LogP contribution in [0.15, 0.2) is 66.7 Å². The first-order chi connectivity index (χ1) is 20.2. The molecule has 1 aliphatic rings. The van der Waals surface area contributed by atoms with Gasteiger partial charge in [-0.1, -0.05) is 66.5 Å². The van der Waals surface area contributed by atoms with E-state index in [4.69, 9.17) is 37.4 Å². The molecule has 9 nitrogen and oxygen atoms in total. The molecule has 222 valence electrons. The topological polar surface area (TPSA) is 114 Å². The number of carboxylic acids is 1. The third kappa shape index (κ3) is 7.41. The van der Waals surface area contributed by atoms with Crippen molar-refractivity contribution in [3.8, 4) is 5.75 Å². The Kier molecular flexibility index (Phi) is 10.8. The molecule has 11 heteroatoms. The van der Waals surface area contributed by atoms with Crippen LogP contribution in [0.3, 0.4) is 0 Å². The summed E-state index contributed by atoms with van der Waals surface area (Å²) in [5.41, 5.74) is 3.01. The van der Waals surface area contributed by atoms with E-state index in [0.29, 0.717) is 33.5 Å². The van der Waals surface area contributed by atoms with Crippen LogP contribution in [-0.4, -0.2) is 54.5 Å². The van der Waals surface area contributed by atoms with Gasteiger partial charge >= 0.3 is 5.97 Å². The summed E-state index contributed by atoms with van der Waals surface area (Å²) in [7, 11) is 0. The second-order valence-corrected chi connectivity index (χ2v) is 10.4. The van der Waals surface area contributed by atoms with Gasteiger partial charge in [-0.3, -0.25) is 9.59 Å². The maximum Gasteiger partial charge on any atom is 0.326 e. The van der Waals surface area contributed by atoms with Crippen LogP contribution in [0.2, 0.25) is 10.0 Å². The molecular formula is C31H32Cl2N2O7. The van der Waals surface area contributed by atoms with Crippen molar-refractivity contribution in [3.63, 3.8) is 0 Å². The Balaban J connectivity index is 1.40. The molecule has 3 aromatic rings. The molecule has 0 aliphatic carbocycles. The van der Waals surface area contributed by atoms with Gasteiger partial charge < -0.3 is 29.5 Å². The largest absolute Gasteiger partial charge is 0.489 e. The second-order valence-electron chi connectivity index (χ2n) is 9.59. The second kappa shape index (κ2) is 14.5. The van der Waals surface area contributed by atoms with Crippen molar-refractivity contribution >= 4 is 46.7 Å². The summed E-state index contributed by atoms with van der Waals surface area (Å²) < 4.78 is 16.8. The van der Waals surface area contributed by atoms with Gasteiger partial charge in [0.15, 0.2) is 12.2 Å². The number of hydrogen-bond donors (Lipinski definition) is 2. The van der Waals surface area contributed by atoms with Crippen LogP contribution >= 0.6 is 23.2 Å². The summed E-state index contributed by atoms with van der Waals surface area (Å²) in [4.78, 5) is 40.3. The van der Waals surface area contributed by atoms with Gasteiger partial charge in [0, 0.05) is 34.3 Å². The number of carboxylic acid groups (broad SMARTS) is 1. The van der Waals surface area contributed by atoms with E-state index in [0.717, 1.165) is 17.7 Å². The molecule has 2 N–H and O–H groups in total. The Bertz CT molecular complexity index is 1400. The molecule has 1 saturated heterocycles. The molecule has 0 saturated carbocycles. The van der Waals surface area contributed by atoms with Crippen LogP contribution in [0.25, 0.3) is 0 Å². The van der Waals surface area contributed by atoms with Gasteiger partial charge in [0.25, 0.3) is 11.8 Å². The zero-order chi connectivity index (χ0) is 30.2. The van der Waals surface area contributed by atoms with Crippen LogP contribution in [0.4, 0.5) is 5.69 Å². The van der Waals surface area contributed by atoms with E-state index in [9.17, 15) is 19.5 Å². The first-order valence-corrected chi connectivity index (χ1v) is 14.3. The average molecular weight is 616 g/mol. The number of hydrogen-bond acceptors (Lipinski definition) is 6. The van der Waals surface area contributed by atoms with Gasteiger partial charge in [-0.15, -0.1) is 0 Å². The number of likely N-dealkylation sites (N-methyl/N-ethyl adjacent to an activating group) is 1. The van der Waals surface area contributed by atoms with Gasteiger partial charge in [-0.05, 0) is 54.8 Å². The summed E-state index contributed by atoms with van der Waals surface area (Å²) in [6.07, 6.45) is -1.80. The molecule has 0 aromatic heterocycles. The van der Waals surface area contributed by atoms with Gasteiger partial charge in [-0.25, -0.2) is 4.79 Å². The van der Waals surface area contributed by atoms with Gasteiger partial charge in [0.05, 0.1) is 0 Å². The number of aryl methyl sites for hydroxylation is 1. The molecule has 1 fully saturated rings. The molecule has 0 spiro atoms. The SMILES string of the molecule is CCc1ccccc1N(CC)C(=O)[C@@H]1OCO[C@H]1C(=O)NC(Cc1ccc(OCc2c(Cl)cccc2Cl)cc1)C(=O)O. The molecule has 1 heterocycles. The highest BCUT2D eigenvalue weighted by molar-refractivity contribution is 6.35. The Morgan fingerprint density at radius 2 is 1.64 bits per heavy atom. The molecular weight excluding hydrogens is 583 g/mol. The molecule has 42 heavy (non-hydrogen) atoms. The fourth-order valence-electron chi connectivity index (χ4n) is 4.68. The Hall–Kier alpha value is -3.63. The summed E-state index contributed by atoms with van der Waals surface area (Å²) in [5, 5.41) is 13.3. The number of nitrogens with zero attached hydrogens (tertiary/aromatic N) is 1. The van der Waals surface area contributed by atoms with Crippen LogP contribution < -0.4 is 15.0 Å². The van der Waals surface area contributed by atoms with E-state index < -0.39 is 36.0 Å². The van der Waals surface area contributed by atoms with Crippen LogP contribution in [0, 0.1) is 0 Å². The molecule has 0 radical (unpaired) electrons. The van der Waals surface area contributed by atoms with Crippen molar-refractivity contribution in [2.45, 2.75) is 51.5 Å². The number of carbonyl (C=O) groups is 3. The fourth-order valence-corrected chi connectivity index (χ4v) is 5.19. The summed E-state index contributed by atoms with van der Waals surface area (Å²) in [6.45, 7) is 4.07. The summed E-state index contributed by atoms with van der Waals surface area (Å²) in [6, 6.07) is 18.2. The maximum atomic E-state index is 13.5. The number of para-hydroxylation sites is 1. The van der Waals surface area contributed by atoms with E-state index in [1.165, 1.54) is 0 Å². The van der Waals surface area contributed by atoms with Crippen molar-refractivity contribution in [1.82, 2.24) is 5.32 Å². The van der Waals surface area contributed by atoms with Crippen LogP contribution in [-0.2, 0) is 43.3 Å². The maximum absolute atomic E-state index is 13.5. The molecule has 4 rings (SSSR count). The Morgan fingerprint density at radius 3 is 2.29 bits per heavy atom. The quantitative estimate of drug-likeness (QED) is 0.294. The highest BCUT2D eigenvalue weighted by Gasteiger charge is 2.43. The Labute approximate surface area is 254 Å². The lowest BCUT2D eigenvalue weighted by Gasteiger charge is -2.27. The first-order valence-electron chi connectivity index (χ1n) is 13.5. The highest BCUT2D eigenvalue weighted by Crippen LogP contribution is 2.27. The van der Waals surface area contributed by atoms with Crippen LogP contribution in [0.5, 0.6) is 5.75 Å². The number of nitrogens with one attached hydrogen (secondary N) is 1. The first kappa shape index (κ1) is 31.3. The Morgan fingerprint density at radius 1 is 0.976 bits per heavy atom. The molecule has 0 bridgehead atoms. The van der Waals surface area contributed by atoms with Gasteiger partial charge in [0.2, 0.25) is 0 Å². The molecule has 1 aliphatic heterocycles. The molecule has 1 unspecified atom stereocenters.